The van der Waals surface area contributed by atoms with E-state index in [2.05, 4.69) is 38.8 Å². The van der Waals surface area contributed by atoms with Crippen molar-refractivity contribution in [3.63, 3.8) is 0 Å². The van der Waals surface area contributed by atoms with Crippen molar-refractivity contribution in [2.75, 3.05) is 0 Å². The van der Waals surface area contributed by atoms with Gasteiger partial charge in [-0.2, -0.15) is 5.10 Å². The fraction of sp³-hybridized carbons (Fsp3) is 0.667. The Kier molecular flexibility index (Phi) is 2.22. The third-order valence-corrected chi connectivity index (χ3v) is 3.22. The van der Waals surface area contributed by atoms with E-state index in [4.69, 9.17) is 0 Å². The van der Waals surface area contributed by atoms with E-state index in [1.54, 1.807) is 0 Å². The monoisotopic (exact) mass is 228 g/mol. The van der Waals surface area contributed by atoms with Crippen molar-refractivity contribution in [1.29, 1.82) is 0 Å². The van der Waals surface area contributed by atoms with Crippen LogP contribution in [-0.4, -0.2) is 9.78 Å². The van der Waals surface area contributed by atoms with Crippen molar-refractivity contribution < 1.29 is 0 Å². The molecule has 0 aromatic carbocycles. The zero-order valence-electron chi connectivity index (χ0n) is 7.26. The fourth-order valence-corrected chi connectivity index (χ4v) is 2.04. The van der Waals surface area contributed by atoms with Crippen molar-refractivity contribution >= 4 is 15.9 Å². The summed E-state index contributed by atoms with van der Waals surface area (Å²) in [5.74, 6) is 0. The van der Waals surface area contributed by atoms with E-state index in [0.717, 1.165) is 5.33 Å². The van der Waals surface area contributed by atoms with Gasteiger partial charge in [0, 0.05) is 17.1 Å². The molecule has 0 amide bonds. The van der Waals surface area contributed by atoms with Gasteiger partial charge in [-0.1, -0.05) is 15.9 Å². The van der Waals surface area contributed by atoms with E-state index in [9.17, 15) is 0 Å². The number of aryl methyl sites for hydroxylation is 1. The topological polar surface area (TPSA) is 17.8 Å². The number of rotatable bonds is 2. The lowest BCUT2D eigenvalue weighted by molar-refractivity contribution is 0.288. The second-order valence-electron chi connectivity index (χ2n) is 3.44. The molecule has 0 unspecified atom stereocenters. The first-order valence-electron chi connectivity index (χ1n) is 4.42. The number of alkyl halides is 1. The summed E-state index contributed by atoms with van der Waals surface area (Å²) >= 11 is 3.46. The molecule has 0 spiro atoms. The summed E-state index contributed by atoms with van der Waals surface area (Å²) < 4.78 is 2.13. The van der Waals surface area contributed by atoms with Gasteiger partial charge in [0.05, 0.1) is 11.7 Å². The maximum Gasteiger partial charge on any atom is 0.0634 e. The highest BCUT2D eigenvalue weighted by Gasteiger charge is 2.20. The van der Waals surface area contributed by atoms with E-state index in [1.807, 2.05) is 0 Å². The third kappa shape index (κ3) is 1.30. The van der Waals surface area contributed by atoms with Gasteiger partial charge in [-0.05, 0) is 26.2 Å². The minimum absolute atomic E-state index is 0.691. The van der Waals surface area contributed by atoms with Crippen LogP contribution in [0.4, 0.5) is 0 Å². The Bertz CT molecular complexity index is 276. The second-order valence-corrected chi connectivity index (χ2v) is 4.00. The highest BCUT2D eigenvalue weighted by atomic mass is 79.9. The van der Waals surface area contributed by atoms with Crippen LogP contribution in [0.25, 0.3) is 0 Å². The van der Waals surface area contributed by atoms with Gasteiger partial charge in [0.2, 0.25) is 0 Å². The molecule has 2 nitrogen and oxygen atoms in total. The van der Waals surface area contributed by atoms with Gasteiger partial charge in [-0.3, -0.25) is 4.68 Å². The summed E-state index contributed by atoms with van der Waals surface area (Å²) in [5, 5.41) is 5.41. The maximum absolute atomic E-state index is 4.49. The van der Waals surface area contributed by atoms with Crippen molar-refractivity contribution in [3.05, 3.63) is 17.5 Å². The molecule has 2 rings (SSSR count). The smallest absolute Gasteiger partial charge is 0.0634 e. The predicted octanol–water partition coefficient (Wildman–Crippen LogP) is 2.81. The molecule has 0 bridgehead atoms. The molecule has 1 heterocycles. The van der Waals surface area contributed by atoms with Crippen molar-refractivity contribution in [2.24, 2.45) is 0 Å². The minimum atomic E-state index is 0.691. The van der Waals surface area contributed by atoms with Crippen LogP contribution in [0.2, 0.25) is 0 Å². The number of hydrogen-bond donors (Lipinski definition) is 0. The van der Waals surface area contributed by atoms with Gasteiger partial charge >= 0.3 is 0 Å². The lowest BCUT2D eigenvalue weighted by atomic mass is 9.93. The van der Waals surface area contributed by atoms with Crippen LogP contribution in [0.5, 0.6) is 0 Å². The maximum atomic E-state index is 4.49. The van der Waals surface area contributed by atoms with Crippen molar-refractivity contribution in [1.82, 2.24) is 9.78 Å². The van der Waals surface area contributed by atoms with Gasteiger partial charge in [-0.15, -0.1) is 0 Å². The lowest BCUT2D eigenvalue weighted by Crippen LogP contribution is -2.17. The molecule has 1 aliphatic carbocycles. The Morgan fingerprint density at radius 3 is 2.83 bits per heavy atom. The Balaban J connectivity index is 2.21. The van der Waals surface area contributed by atoms with E-state index in [-0.39, 0.29) is 0 Å². The van der Waals surface area contributed by atoms with Gasteiger partial charge in [0.25, 0.3) is 0 Å². The van der Waals surface area contributed by atoms with Crippen molar-refractivity contribution in [2.45, 2.75) is 37.6 Å². The zero-order chi connectivity index (χ0) is 8.55. The van der Waals surface area contributed by atoms with E-state index >= 15 is 0 Å². The first-order valence-corrected chi connectivity index (χ1v) is 5.54. The lowest BCUT2D eigenvalue weighted by Gasteiger charge is -2.25. The van der Waals surface area contributed by atoms with Crippen LogP contribution in [-0.2, 0) is 5.33 Å². The molecule has 3 heteroatoms. The molecule has 1 fully saturated rings. The normalized spacial score (nSPS) is 17.8. The van der Waals surface area contributed by atoms with Crippen molar-refractivity contribution in [3.8, 4) is 0 Å². The Morgan fingerprint density at radius 1 is 1.67 bits per heavy atom. The third-order valence-electron chi connectivity index (χ3n) is 2.61. The van der Waals surface area contributed by atoms with Crippen LogP contribution in [0.1, 0.15) is 36.6 Å². The average Bonchev–Trinajstić information content (AvgIpc) is 2.27. The molecule has 0 N–H and O–H groups in total. The molecule has 1 aromatic heterocycles. The number of halogens is 1. The second kappa shape index (κ2) is 3.21. The van der Waals surface area contributed by atoms with Crippen LogP contribution >= 0.6 is 15.9 Å². The first kappa shape index (κ1) is 8.30. The molecule has 1 aromatic rings. The minimum Gasteiger partial charge on any atom is -0.269 e. The first-order chi connectivity index (χ1) is 5.81. The van der Waals surface area contributed by atoms with E-state index < -0.39 is 0 Å². The van der Waals surface area contributed by atoms with E-state index in [1.165, 1.54) is 30.5 Å². The highest BCUT2D eigenvalue weighted by molar-refractivity contribution is 9.08. The molecule has 0 radical (unpaired) electrons. The summed E-state index contributed by atoms with van der Waals surface area (Å²) in [7, 11) is 0. The molecular weight excluding hydrogens is 216 g/mol. The average molecular weight is 229 g/mol. The largest absolute Gasteiger partial charge is 0.269 e. The molecule has 1 saturated carbocycles. The molecule has 0 atom stereocenters. The predicted molar refractivity (Wildman–Crippen MR) is 52.5 cm³/mol. The molecule has 66 valence electrons. The fourth-order valence-electron chi connectivity index (χ4n) is 1.49. The number of aromatic nitrogens is 2. The van der Waals surface area contributed by atoms with Gasteiger partial charge in [-0.25, -0.2) is 0 Å². The highest BCUT2D eigenvalue weighted by Crippen LogP contribution is 2.31. The molecule has 1 aliphatic rings. The number of hydrogen-bond acceptors (Lipinski definition) is 1. The Morgan fingerprint density at radius 2 is 2.42 bits per heavy atom. The SMILES string of the molecule is Cc1nn(C2CCC2)cc1CBr. The summed E-state index contributed by atoms with van der Waals surface area (Å²) in [4.78, 5) is 0. The Hall–Kier alpha value is -0.310. The Labute approximate surface area is 81.1 Å². The van der Waals surface area contributed by atoms with Crippen LogP contribution in [0, 0.1) is 6.92 Å². The summed E-state index contributed by atoms with van der Waals surface area (Å²) in [6.07, 6.45) is 6.16. The molecule has 0 aliphatic heterocycles. The zero-order valence-corrected chi connectivity index (χ0v) is 8.84. The summed E-state index contributed by atoms with van der Waals surface area (Å²) in [6.45, 7) is 2.08. The van der Waals surface area contributed by atoms with Gasteiger partial charge < -0.3 is 0 Å². The quantitative estimate of drug-likeness (QED) is 0.713. The van der Waals surface area contributed by atoms with Crippen LogP contribution in [0.15, 0.2) is 6.20 Å². The molecule has 0 saturated heterocycles. The number of nitrogens with zero attached hydrogens (tertiary/aromatic N) is 2. The van der Waals surface area contributed by atoms with Crippen LogP contribution in [0.3, 0.4) is 0 Å². The summed E-state index contributed by atoms with van der Waals surface area (Å²) in [5.41, 5.74) is 2.49. The van der Waals surface area contributed by atoms with Gasteiger partial charge in [0.1, 0.15) is 0 Å². The standard InChI is InChI=1S/C9H13BrN2/c1-7-8(5-10)6-12(11-7)9-3-2-4-9/h6,9H,2-5H2,1H3. The summed E-state index contributed by atoms with van der Waals surface area (Å²) in [6, 6.07) is 0.691. The van der Waals surface area contributed by atoms with Crippen LogP contribution < -0.4 is 0 Å². The van der Waals surface area contributed by atoms with Gasteiger partial charge in [0.15, 0.2) is 0 Å². The molecule has 12 heavy (non-hydrogen) atoms. The van der Waals surface area contributed by atoms with E-state index in [0.29, 0.717) is 6.04 Å². The molecular formula is C9H13BrN2.